The number of carbonyl (C=O) groups excluding carboxylic acids is 1. The molecule has 5 aromatic rings. The number of H-pyrrole nitrogens is 1. The first kappa shape index (κ1) is 27.4. The van der Waals surface area contributed by atoms with Crippen LogP contribution in [0.3, 0.4) is 0 Å². The van der Waals surface area contributed by atoms with Gasteiger partial charge < -0.3 is 19.5 Å². The molecule has 0 bridgehead atoms. The first-order valence-electron chi connectivity index (χ1n) is 12.0. The van der Waals surface area contributed by atoms with E-state index in [0.29, 0.717) is 28.2 Å². The van der Waals surface area contributed by atoms with E-state index in [9.17, 15) is 22.4 Å². The number of carbonyl (C=O) groups is 1. The molecule has 0 radical (unpaired) electrons. The molecule has 0 saturated carbocycles. The Morgan fingerprint density at radius 3 is 2.32 bits per heavy atom. The molecule has 0 fully saturated rings. The smallest absolute Gasteiger partial charge is 0.420 e. The van der Waals surface area contributed by atoms with Crippen molar-refractivity contribution >= 4 is 28.4 Å². The average Bonchev–Trinajstić information content (AvgIpc) is 3.44. The number of ether oxygens (including phenoxy) is 3. The SMILES string of the molecule is COCN(C(=O)Nc1ccc(Oc2ccnc3[nH]ncc23)cc1)c1ccc(Oc2ccc(F)cc2)c(C(F)(F)F)c1. The molecule has 2 aromatic heterocycles. The van der Waals surface area contributed by atoms with Crippen molar-refractivity contribution in [1.82, 2.24) is 15.2 Å². The summed E-state index contributed by atoms with van der Waals surface area (Å²) in [7, 11) is 1.30. The molecule has 3 aromatic carbocycles. The molecule has 5 rings (SSSR count). The molecule has 0 spiro atoms. The van der Waals surface area contributed by atoms with Crippen LogP contribution in [0.25, 0.3) is 11.0 Å². The second kappa shape index (κ2) is 11.5. The number of rotatable bonds is 8. The number of nitrogens with one attached hydrogen (secondary N) is 2. The fourth-order valence-electron chi connectivity index (χ4n) is 3.85. The van der Waals surface area contributed by atoms with Gasteiger partial charge in [-0.15, -0.1) is 0 Å². The Balaban J connectivity index is 1.33. The topological polar surface area (TPSA) is 102 Å². The van der Waals surface area contributed by atoms with E-state index in [1.807, 2.05) is 0 Å². The van der Waals surface area contributed by atoms with Gasteiger partial charge in [-0.25, -0.2) is 14.2 Å². The Morgan fingerprint density at radius 1 is 0.951 bits per heavy atom. The lowest BCUT2D eigenvalue weighted by Gasteiger charge is -2.24. The highest BCUT2D eigenvalue weighted by Gasteiger charge is 2.36. The highest BCUT2D eigenvalue weighted by Crippen LogP contribution is 2.40. The number of benzene rings is 3. The van der Waals surface area contributed by atoms with Gasteiger partial charge in [0.2, 0.25) is 0 Å². The summed E-state index contributed by atoms with van der Waals surface area (Å²) in [6.07, 6.45) is -1.66. The van der Waals surface area contributed by atoms with E-state index >= 15 is 0 Å². The number of pyridine rings is 1. The van der Waals surface area contributed by atoms with Crippen LogP contribution in [0.2, 0.25) is 0 Å². The molecule has 41 heavy (non-hydrogen) atoms. The summed E-state index contributed by atoms with van der Waals surface area (Å²) in [5, 5.41) is 10.0. The lowest BCUT2D eigenvalue weighted by Crippen LogP contribution is -2.36. The molecule has 2 heterocycles. The summed E-state index contributed by atoms with van der Waals surface area (Å²) in [5.41, 5.74) is -0.297. The molecule has 210 valence electrons. The quantitative estimate of drug-likeness (QED) is 0.150. The van der Waals surface area contributed by atoms with Crippen LogP contribution >= 0.6 is 0 Å². The standard InChI is InChI=1S/C28H21F4N5O4/c1-39-16-37(19-6-11-25(23(14-19)28(30,31)32)41-20-7-2-17(29)3-8-20)27(38)35-18-4-9-21(10-5-18)40-24-12-13-33-26-22(24)15-34-36-26/h2-15H,16H2,1H3,(H,35,38)(H,33,34,36). The molecule has 0 aliphatic rings. The van der Waals surface area contributed by atoms with Crippen LogP contribution in [-0.4, -0.2) is 35.1 Å². The van der Waals surface area contributed by atoms with Crippen LogP contribution in [0.15, 0.2) is 85.2 Å². The van der Waals surface area contributed by atoms with Crippen LogP contribution in [0.5, 0.6) is 23.0 Å². The van der Waals surface area contributed by atoms with E-state index in [4.69, 9.17) is 14.2 Å². The number of aromatic amines is 1. The van der Waals surface area contributed by atoms with Crippen molar-refractivity contribution in [1.29, 1.82) is 0 Å². The number of urea groups is 1. The van der Waals surface area contributed by atoms with Gasteiger partial charge in [-0.3, -0.25) is 10.00 Å². The monoisotopic (exact) mass is 567 g/mol. The Morgan fingerprint density at radius 2 is 1.63 bits per heavy atom. The third-order valence-electron chi connectivity index (χ3n) is 5.77. The minimum absolute atomic E-state index is 0.0154. The Bertz CT molecular complexity index is 1660. The van der Waals surface area contributed by atoms with Crippen molar-refractivity contribution in [2.75, 3.05) is 24.1 Å². The maximum atomic E-state index is 13.9. The number of halogens is 4. The maximum Gasteiger partial charge on any atom is 0.420 e. The van der Waals surface area contributed by atoms with Gasteiger partial charge in [0.15, 0.2) is 5.65 Å². The molecule has 0 unspecified atom stereocenters. The fraction of sp³-hybridized carbons (Fsp3) is 0.107. The predicted octanol–water partition coefficient (Wildman–Crippen LogP) is 7.34. The van der Waals surface area contributed by atoms with Gasteiger partial charge in [0.25, 0.3) is 0 Å². The number of anilines is 2. The zero-order chi connectivity index (χ0) is 29.0. The number of hydrogen-bond donors (Lipinski definition) is 2. The average molecular weight is 567 g/mol. The highest BCUT2D eigenvalue weighted by atomic mass is 19.4. The molecule has 0 aliphatic heterocycles. The summed E-state index contributed by atoms with van der Waals surface area (Å²) in [6.45, 7) is -0.342. The van der Waals surface area contributed by atoms with Crippen molar-refractivity contribution in [3.05, 3.63) is 96.6 Å². The normalized spacial score (nSPS) is 11.3. The lowest BCUT2D eigenvalue weighted by molar-refractivity contribution is -0.138. The first-order chi connectivity index (χ1) is 19.7. The number of alkyl halides is 3. The van der Waals surface area contributed by atoms with Gasteiger partial charge in [-0.1, -0.05) is 0 Å². The third-order valence-corrected chi connectivity index (χ3v) is 5.77. The molecule has 0 saturated heterocycles. The van der Waals surface area contributed by atoms with Gasteiger partial charge in [0.1, 0.15) is 41.1 Å². The van der Waals surface area contributed by atoms with Gasteiger partial charge >= 0.3 is 12.2 Å². The summed E-state index contributed by atoms with van der Waals surface area (Å²) in [4.78, 5) is 18.2. The van der Waals surface area contributed by atoms with E-state index < -0.39 is 29.3 Å². The zero-order valence-corrected chi connectivity index (χ0v) is 21.3. The molecule has 2 amide bonds. The summed E-state index contributed by atoms with van der Waals surface area (Å²) >= 11 is 0. The van der Waals surface area contributed by atoms with Crippen molar-refractivity contribution < 1.29 is 36.6 Å². The van der Waals surface area contributed by atoms with E-state index in [2.05, 4.69) is 20.5 Å². The predicted molar refractivity (Wildman–Crippen MR) is 142 cm³/mol. The second-order valence-corrected chi connectivity index (χ2v) is 8.58. The van der Waals surface area contributed by atoms with Crippen molar-refractivity contribution in [2.24, 2.45) is 0 Å². The molecule has 2 N–H and O–H groups in total. The van der Waals surface area contributed by atoms with Crippen LogP contribution in [0.4, 0.5) is 33.7 Å². The van der Waals surface area contributed by atoms with Gasteiger partial charge in [-0.05, 0) is 72.8 Å². The number of nitrogens with zero attached hydrogens (tertiary/aromatic N) is 3. The summed E-state index contributed by atoms with van der Waals surface area (Å²) in [6, 6.07) is 15.0. The van der Waals surface area contributed by atoms with Gasteiger partial charge in [0.05, 0.1) is 11.6 Å². The Labute approximate surface area is 230 Å². The third kappa shape index (κ3) is 6.36. The molecular formula is C28H21F4N5O4. The Kier molecular flexibility index (Phi) is 7.70. The molecule has 9 nitrogen and oxygen atoms in total. The minimum Gasteiger partial charge on any atom is -0.457 e. The van der Waals surface area contributed by atoms with Crippen LogP contribution in [0.1, 0.15) is 5.56 Å². The summed E-state index contributed by atoms with van der Waals surface area (Å²) in [5.74, 6) is -0.0579. The van der Waals surface area contributed by atoms with Crippen LogP contribution < -0.4 is 19.7 Å². The van der Waals surface area contributed by atoms with Gasteiger partial charge in [-0.2, -0.15) is 18.3 Å². The van der Waals surface area contributed by atoms with Crippen LogP contribution in [-0.2, 0) is 10.9 Å². The maximum absolute atomic E-state index is 13.9. The van der Waals surface area contributed by atoms with E-state index in [0.717, 1.165) is 29.2 Å². The minimum atomic E-state index is -4.81. The summed E-state index contributed by atoms with van der Waals surface area (Å²) < 4.78 is 71.3. The highest BCUT2D eigenvalue weighted by molar-refractivity contribution is 6.01. The molecule has 0 aliphatic carbocycles. The van der Waals surface area contributed by atoms with Crippen LogP contribution in [0, 0.1) is 5.82 Å². The van der Waals surface area contributed by atoms with Crippen molar-refractivity contribution in [2.45, 2.75) is 6.18 Å². The fourth-order valence-corrected chi connectivity index (χ4v) is 3.85. The largest absolute Gasteiger partial charge is 0.457 e. The number of methoxy groups -OCH3 is 1. The second-order valence-electron chi connectivity index (χ2n) is 8.58. The van der Waals surface area contributed by atoms with E-state index in [1.165, 1.54) is 25.3 Å². The van der Waals surface area contributed by atoms with Gasteiger partial charge in [0, 0.05) is 24.7 Å². The number of hydrogen-bond acceptors (Lipinski definition) is 6. The first-order valence-corrected chi connectivity index (χ1v) is 12.0. The van der Waals surface area contributed by atoms with E-state index in [1.54, 1.807) is 42.7 Å². The zero-order valence-electron chi connectivity index (χ0n) is 21.3. The van der Waals surface area contributed by atoms with Crippen molar-refractivity contribution in [3.8, 4) is 23.0 Å². The lowest BCUT2D eigenvalue weighted by atomic mass is 10.1. The van der Waals surface area contributed by atoms with Crippen molar-refractivity contribution in [3.63, 3.8) is 0 Å². The molecule has 13 heteroatoms. The number of aromatic nitrogens is 3. The number of fused-ring (bicyclic) bond motifs is 1. The molecule has 0 atom stereocenters. The number of amides is 2. The molecular weight excluding hydrogens is 546 g/mol. The Hall–Kier alpha value is -5.17. The van der Waals surface area contributed by atoms with E-state index in [-0.39, 0.29) is 18.2 Å².